The van der Waals surface area contributed by atoms with Crippen LogP contribution in [0.2, 0.25) is 0 Å². The minimum absolute atomic E-state index is 0.261. The van der Waals surface area contributed by atoms with Crippen LogP contribution < -0.4 is 5.32 Å². The molecule has 0 bridgehead atoms. The molecule has 6 heteroatoms. The second-order valence-electron chi connectivity index (χ2n) is 6.22. The van der Waals surface area contributed by atoms with Gasteiger partial charge in [0.2, 0.25) is 0 Å². The number of thioether (sulfide) groups is 1. The first-order valence-electron chi connectivity index (χ1n) is 8.35. The fourth-order valence-corrected chi connectivity index (χ4v) is 4.12. The van der Waals surface area contributed by atoms with Gasteiger partial charge in [-0.1, -0.05) is 32.3 Å². The summed E-state index contributed by atoms with van der Waals surface area (Å²) in [6.45, 7) is 6.33. The molecule has 1 aliphatic rings. The fourth-order valence-electron chi connectivity index (χ4n) is 2.92. The van der Waals surface area contributed by atoms with Crippen LogP contribution in [-0.2, 0) is 0 Å². The molecule has 2 aromatic rings. The van der Waals surface area contributed by atoms with E-state index in [0.29, 0.717) is 17.2 Å². The van der Waals surface area contributed by atoms with Gasteiger partial charge in [-0.15, -0.1) is 0 Å². The van der Waals surface area contributed by atoms with Gasteiger partial charge in [0.25, 0.3) is 5.89 Å². The van der Waals surface area contributed by atoms with E-state index in [1.54, 1.807) is 6.20 Å². The van der Waals surface area contributed by atoms with Crippen LogP contribution in [0.25, 0.3) is 11.5 Å². The number of hydrogen-bond acceptors (Lipinski definition) is 6. The third-order valence-electron chi connectivity index (χ3n) is 4.13. The van der Waals surface area contributed by atoms with Gasteiger partial charge in [0, 0.05) is 29.0 Å². The fraction of sp³-hybridized carbons (Fsp3) is 0.588. The summed E-state index contributed by atoms with van der Waals surface area (Å²) in [5, 5.41) is 8.31. The van der Waals surface area contributed by atoms with Gasteiger partial charge in [-0.25, -0.2) is 4.98 Å². The van der Waals surface area contributed by atoms with Crippen molar-refractivity contribution in [2.75, 3.05) is 11.1 Å². The molecule has 2 heterocycles. The predicted molar refractivity (Wildman–Crippen MR) is 94.8 cm³/mol. The largest absolute Gasteiger partial charge is 0.366 e. The van der Waals surface area contributed by atoms with Crippen molar-refractivity contribution in [3.63, 3.8) is 0 Å². The Morgan fingerprint density at radius 3 is 3.00 bits per heavy atom. The molecule has 2 atom stereocenters. The van der Waals surface area contributed by atoms with Crippen molar-refractivity contribution in [2.45, 2.75) is 57.2 Å². The summed E-state index contributed by atoms with van der Waals surface area (Å²) >= 11 is 2.04. The molecule has 2 aromatic heterocycles. The van der Waals surface area contributed by atoms with Gasteiger partial charge in [0.1, 0.15) is 5.82 Å². The van der Waals surface area contributed by atoms with E-state index in [9.17, 15) is 0 Å². The molecule has 0 spiro atoms. The van der Waals surface area contributed by atoms with Gasteiger partial charge in [-0.2, -0.15) is 16.7 Å². The summed E-state index contributed by atoms with van der Waals surface area (Å²) in [6, 6.07) is 4.41. The monoisotopic (exact) mass is 332 g/mol. The highest BCUT2D eigenvalue weighted by Crippen LogP contribution is 2.32. The number of anilines is 1. The average Bonchev–Trinajstić information content (AvgIpc) is 3.18. The van der Waals surface area contributed by atoms with E-state index >= 15 is 0 Å². The van der Waals surface area contributed by atoms with Crippen molar-refractivity contribution in [3.8, 4) is 11.5 Å². The van der Waals surface area contributed by atoms with E-state index < -0.39 is 0 Å². The Labute approximate surface area is 141 Å². The molecule has 5 nitrogen and oxygen atoms in total. The third-order valence-corrected chi connectivity index (χ3v) is 5.46. The number of nitrogens with one attached hydrogen (secondary N) is 1. The molecule has 1 fully saturated rings. The maximum atomic E-state index is 5.38. The minimum Gasteiger partial charge on any atom is -0.366 e. The predicted octanol–water partition coefficient (Wildman–Crippen LogP) is 4.34. The second-order valence-corrected chi connectivity index (χ2v) is 7.73. The second kappa shape index (κ2) is 7.34. The standard InChI is InChI=1S/C17H24N4OS/c1-4-23-14-7-5-6-13(14)19-15-10-12(8-9-18-15)17-20-16(11(2)3)21-22-17/h8-11,13-14H,4-7H2,1-3H3,(H,18,19)/t13-,14+/m0/s1. The summed E-state index contributed by atoms with van der Waals surface area (Å²) in [4.78, 5) is 8.91. The normalized spacial score (nSPS) is 21.0. The van der Waals surface area contributed by atoms with Gasteiger partial charge >= 0.3 is 0 Å². The summed E-state index contributed by atoms with van der Waals surface area (Å²) in [6.07, 6.45) is 5.59. The Bertz CT molecular complexity index is 643. The zero-order chi connectivity index (χ0) is 16.2. The summed E-state index contributed by atoms with van der Waals surface area (Å²) in [5.41, 5.74) is 0.916. The van der Waals surface area contributed by atoms with Gasteiger partial charge in [-0.05, 0) is 30.7 Å². The first kappa shape index (κ1) is 16.3. The lowest BCUT2D eigenvalue weighted by Gasteiger charge is -2.20. The van der Waals surface area contributed by atoms with E-state index in [-0.39, 0.29) is 5.92 Å². The van der Waals surface area contributed by atoms with Crippen LogP contribution in [0.4, 0.5) is 5.82 Å². The molecule has 23 heavy (non-hydrogen) atoms. The van der Waals surface area contributed by atoms with Crippen molar-refractivity contribution in [1.82, 2.24) is 15.1 Å². The van der Waals surface area contributed by atoms with E-state index in [2.05, 4.69) is 41.2 Å². The van der Waals surface area contributed by atoms with E-state index in [4.69, 9.17) is 4.52 Å². The third kappa shape index (κ3) is 3.86. The number of rotatable bonds is 6. The summed E-state index contributed by atoms with van der Waals surface area (Å²) in [7, 11) is 0. The maximum absolute atomic E-state index is 5.38. The molecule has 0 aromatic carbocycles. The lowest BCUT2D eigenvalue weighted by atomic mass is 10.2. The van der Waals surface area contributed by atoms with E-state index in [1.165, 1.54) is 19.3 Å². The van der Waals surface area contributed by atoms with Crippen molar-refractivity contribution < 1.29 is 4.52 Å². The van der Waals surface area contributed by atoms with Crippen LogP contribution in [0, 0.1) is 0 Å². The molecule has 0 amide bonds. The van der Waals surface area contributed by atoms with Crippen LogP contribution in [-0.4, -0.2) is 32.2 Å². The van der Waals surface area contributed by atoms with E-state index in [0.717, 1.165) is 23.0 Å². The SMILES string of the molecule is CCS[C@@H]1CCC[C@@H]1Nc1cc(-c2nc(C(C)C)no2)ccn1. The molecule has 1 aliphatic carbocycles. The average molecular weight is 332 g/mol. The molecule has 0 unspecified atom stereocenters. The Morgan fingerprint density at radius 2 is 2.26 bits per heavy atom. The number of aromatic nitrogens is 3. The van der Waals surface area contributed by atoms with Crippen LogP contribution in [0.15, 0.2) is 22.9 Å². The maximum Gasteiger partial charge on any atom is 0.258 e. The quantitative estimate of drug-likeness (QED) is 0.849. The van der Waals surface area contributed by atoms with Crippen molar-refractivity contribution in [1.29, 1.82) is 0 Å². The van der Waals surface area contributed by atoms with Crippen LogP contribution in [0.3, 0.4) is 0 Å². The number of pyridine rings is 1. The Balaban J connectivity index is 1.74. The molecule has 0 aliphatic heterocycles. The highest BCUT2D eigenvalue weighted by Gasteiger charge is 2.27. The zero-order valence-corrected chi connectivity index (χ0v) is 14.8. The molecule has 0 saturated heterocycles. The smallest absolute Gasteiger partial charge is 0.258 e. The Morgan fingerprint density at radius 1 is 1.39 bits per heavy atom. The van der Waals surface area contributed by atoms with Crippen LogP contribution in [0.1, 0.15) is 51.8 Å². The summed E-state index contributed by atoms with van der Waals surface area (Å²) < 4.78 is 5.38. The van der Waals surface area contributed by atoms with Gasteiger partial charge in [0.05, 0.1) is 0 Å². The molecule has 1 N–H and O–H groups in total. The Kier molecular flexibility index (Phi) is 5.20. The first-order valence-corrected chi connectivity index (χ1v) is 9.40. The van der Waals surface area contributed by atoms with Crippen LogP contribution in [0.5, 0.6) is 0 Å². The van der Waals surface area contributed by atoms with Crippen molar-refractivity contribution in [3.05, 3.63) is 24.2 Å². The van der Waals surface area contributed by atoms with E-state index in [1.807, 2.05) is 23.9 Å². The molecular weight excluding hydrogens is 308 g/mol. The lowest BCUT2D eigenvalue weighted by molar-refractivity contribution is 0.419. The molecule has 1 saturated carbocycles. The molecule has 0 radical (unpaired) electrons. The van der Waals surface area contributed by atoms with Gasteiger partial charge in [-0.3, -0.25) is 0 Å². The zero-order valence-electron chi connectivity index (χ0n) is 14.0. The van der Waals surface area contributed by atoms with Crippen molar-refractivity contribution >= 4 is 17.6 Å². The highest BCUT2D eigenvalue weighted by molar-refractivity contribution is 7.99. The number of hydrogen-bond donors (Lipinski definition) is 1. The topological polar surface area (TPSA) is 63.8 Å². The van der Waals surface area contributed by atoms with Gasteiger partial charge < -0.3 is 9.84 Å². The minimum atomic E-state index is 0.261. The molecule has 124 valence electrons. The first-order chi connectivity index (χ1) is 11.2. The highest BCUT2D eigenvalue weighted by atomic mass is 32.2. The summed E-state index contributed by atoms with van der Waals surface area (Å²) in [5.74, 6) is 3.61. The van der Waals surface area contributed by atoms with Crippen LogP contribution >= 0.6 is 11.8 Å². The van der Waals surface area contributed by atoms with Gasteiger partial charge in [0.15, 0.2) is 5.82 Å². The molecule has 3 rings (SSSR count). The molecular formula is C17H24N4OS. The van der Waals surface area contributed by atoms with Crippen molar-refractivity contribution in [2.24, 2.45) is 0 Å². The number of nitrogens with zero attached hydrogens (tertiary/aromatic N) is 3. The lowest BCUT2D eigenvalue weighted by Crippen LogP contribution is -2.26. The Hall–Kier alpha value is -1.56.